The Morgan fingerprint density at radius 1 is 0.905 bits per heavy atom. The Morgan fingerprint density at radius 3 is 2.48 bits per heavy atom. The summed E-state index contributed by atoms with van der Waals surface area (Å²) in [5.41, 5.74) is 4.47. The highest BCUT2D eigenvalue weighted by Crippen LogP contribution is 2.28. The van der Waals surface area contributed by atoms with Gasteiger partial charge in [0.15, 0.2) is 5.78 Å². The first-order chi connectivity index (χ1) is 10.3. The fraction of sp³-hybridized carbons (Fsp3) is 0.350. The average Bonchev–Trinajstić information content (AvgIpc) is 2.53. The van der Waals surface area contributed by atoms with E-state index in [2.05, 4.69) is 48.6 Å². The van der Waals surface area contributed by atoms with Gasteiger partial charge in [0.05, 0.1) is 0 Å². The smallest absolute Gasteiger partial charge is 0.185 e. The summed E-state index contributed by atoms with van der Waals surface area (Å²) in [6, 6.07) is 0. The molecular weight excluding hydrogens is 256 g/mol. The molecule has 3 aliphatic carbocycles. The number of Topliss-reactive ketones (excluding diaryl/α,β-unsaturated/α-hetero) is 1. The number of allylic oxidation sites excluding steroid dienone is 12. The lowest BCUT2D eigenvalue weighted by molar-refractivity contribution is -0.113. The van der Waals surface area contributed by atoms with Gasteiger partial charge in [0.1, 0.15) is 0 Å². The molecule has 108 valence electrons. The zero-order valence-corrected chi connectivity index (χ0v) is 12.5. The van der Waals surface area contributed by atoms with Crippen LogP contribution in [0.2, 0.25) is 0 Å². The fourth-order valence-corrected chi connectivity index (χ4v) is 3.09. The van der Waals surface area contributed by atoms with Crippen LogP contribution in [0, 0.1) is 0 Å². The van der Waals surface area contributed by atoms with Crippen LogP contribution in [0.5, 0.6) is 0 Å². The van der Waals surface area contributed by atoms with Gasteiger partial charge in [-0.2, -0.15) is 0 Å². The molecule has 0 radical (unpaired) electrons. The van der Waals surface area contributed by atoms with Crippen LogP contribution in [0.1, 0.15) is 44.9 Å². The van der Waals surface area contributed by atoms with E-state index in [0.29, 0.717) is 0 Å². The first-order valence-corrected chi connectivity index (χ1v) is 8.01. The molecule has 1 heteroatoms. The first kappa shape index (κ1) is 14.1. The van der Waals surface area contributed by atoms with Crippen LogP contribution in [0.25, 0.3) is 0 Å². The molecule has 0 amide bonds. The lowest BCUT2D eigenvalue weighted by atomic mass is 9.85. The minimum absolute atomic E-state index is 0.261. The van der Waals surface area contributed by atoms with Gasteiger partial charge >= 0.3 is 0 Å². The van der Waals surface area contributed by atoms with Crippen molar-refractivity contribution in [2.45, 2.75) is 44.9 Å². The van der Waals surface area contributed by atoms with Gasteiger partial charge in [-0.05, 0) is 62.2 Å². The van der Waals surface area contributed by atoms with Gasteiger partial charge in [-0.25, -0.2) is 0 Å². The molecule has 21 heavy (non-hydrogen) atoms. The second kappa shape index (κ2) is 6.71. The maximum absolute atomic E-state index is 12.6. The minimum atomic E-state index is 0.261. The van der Waals surface area contributed by atoms with Gasteiger partial charge in [0.2, 0.25) is 0 Å². The van der Waals surface area contributed by atoms with Gasteiger partial charge in [0.25, 0.3) is 0 Å². The molecule has 0 aromatic carbocycles. The average molecular weight is 278 g/mol. The zero-order chi connectivity index (χ0) is 14.5. The summed E-state index contributed by atoms with van der Waals surface area (Å²) in [7, 11) is 0. The van der Waals surface area contributed by atoms with Crippen molar-refractivity contribution < 1.29 is 4.79 Å². The van der Waals surface area contributed by atoms with Gasteiger partial charge < -0.3 is 0 Å². The minimum Gasteiger partial charge on any atom is -0.289 e. The van der Waals surface area contributed by atoms with E-state index in [9.17, 15) is 4.79 Å². The molecule has 0 heterocycles. The number of carbonyl (C=O) groups is 1. The zero-order valence-electron chi connectivity index (χ0n) is 12.5. The molecule has 0 aromatic rings. The number of rotatable bonds is 2. The fourth-order valence-electron chi connectivity index (χ4n) is 3.09. The van der Waals surface area contributed by atoms with Crippen LogP contribution < -0.4 is 0 Å². The summed E-state index contributed by atoms with van der Waals surface area (Å²) in [6.07, 6.45) is 24.5. The highest BCUT2D eigenvalue weighted by molar-refractivity contribution is 6.09. The van der Waals surface area contributed by atoms with E-state index in [1.54, 1.807) is 0 Å². The third kappa shape index (κ3) is 3.60. The van der Waals surface area contributed by atoms with E-state index in [0.717, 1.165) is 56.1 Å². The Hall–Kier alpha value is -1.89. The van der Waals surface area contributed by atoms with Crippen LogP contribution in [-0.4, -0.2) is 5.78 Å². The second-order valence-electron chi connectivity index (χ2n) is 5.91. The third-order valence-corrected chi connectivity index (χ3v) is 4.25. The van der Waals surface area contributed by atoms with Crippen LogP contribution in [-0.2, 0) is 4.79 Å². The molecule has 0 spiro atoms. The van der Waals surface area contributed by atoms with E-state index < -0.39 is 0 Å². The Labute approximate surface area is 127 Å². The Kier molecular flexibility index (Phi) is 4.49. The predicted molar refractivity (Wildman–Crippen MR) is 87.9 cm³/mol. The molecule has 1 fully saturated rings. The standard InChI is InChI=1S/C20H22O/c21-20-18(14-16-8-3-1-4-9-16)12-7-13-19(20)15-17-10-5-2-6-11-17/h1,3,5,8,10-11,14-15H,2,4,6-7,9,12-13H2/b18-14+,19-15+. The molecule has 1 nitrogen and oxygen atoms in total. The molecule has 0 aliphatic heterocycles. The Balaban J connectivity index is 1.80. The summed E-state index contributed by atoms with van der Waals surface area (Å²) < 4.78 is 0. The molecule has 3 aliphatic rings. The van der Waals surface area contributed by atoms with Gasteiger partial charge in [-0.3, -0.25) is 4.79 Å². The monoisotopic (exact) mass is 278 g/mol. The normalized spacial score (nSPS) is 26.2. The first-order valence-electron chi connectivity index (χ1n) is 8.01. The van der Waals surface area contributed by atoms with E-state index in [1.807, 2.05) is 0 Å². The van der Waals surface area contributed by atoms with Crippen LogP contribution in [0.15, 0.2) is 70.9 Å². The molecule has 0 N–H and O–H groups in total. The van der Waals surface area contributed by atoms with Crippen molar-refractivity contribution in [1.29, 1.82) is 0 Å². The lowest BCUT2D eigenvalue weighted by Crippen LogP contribution is -2.13. The molecular formula is C20H22O. The highest BCUT2D eigenvalue weighted by Gasteiger charge is 2.20. The second-order valence-corrected chi connectivity index (χ2v) is 5.91. The maximum Gasteiger partial charge on any atom is 0.185 e. The van der Waals surface area contributed by atoms with E-state index in [-0.39, 0.29) is 5.78 Å². The molecule has 0 bridgehead atoms. The summed E-state index contributed by atoms with van der Waals surface area (Å²) >= 11 is 0. The van der Waals surface area contributed by atoms with Gasteiger partial charge in [0, 0.05) is 11.1 Å². The molecule has 0 atom stereocenters. The van der Waals surface area contributed by atoms with Crippen LogP contribution in [0.3, 0.4) is 0 Å². The summed E-state index contributed by atoms with van der Waals surface area (Å²) in [5, 5.41) is 0. The van der Waals surface area contributed by atoms with Crippen molar-refractivity contribution in [2.75, 3.05) is 0 Å². The number of hydrogen-bond donors (Lipinski definition) is 0. The number of carbonyl (C=O) groups excluding carboxylic acids is 1. The highest BCUT2D eigenvalue weighted by atomic mass is 16.1. The molecule has 0 saturated heterocycles. The Morgan fingerprint density at radius 2 is 1.76 bits per heavy atom. The van der Waals surface area contributed by atoms with Crippen molar-refractivity contribution in [3.8, 4) is 0 Å². The van der Waals surface area contributed by atoms with Gasteiger partial charge in [-0.1, -0.05) is 42.5 Å². The van der Waals surface area contributed by atoms with Crippen LogP contribution in [0.4, 0.5) is 0 Å². The largest absolute Gasteiger partial charge is 0.289 e. The SMILES string of the molecule is O=C1/C(=C/C2=CCCC=C2)CCC/C1=C\C1=CC=CCC1. The van der Waals surface area contributed by atoms with Crippen molar-refractivity contribution in [3.63, 3.8) is 0 Å². The molecule has 1 saturated carbocycles. The van der Waals surface area contributed by atoms with E-state index in [1.165, 1.54) is 11.1 Å². The van der Waals surface area contributed by atoms with Crippen molar-refractivity contribution in [3.05, 3.63) is 70.9 Å². The van der Waals surface area contributed by atoms with Crippen LogP contribution >= 0.6 is 0 Å². The predicted octanol–water partition coefficient (Wildman–Crippen LogP) is 5.15. The molecule has 3 rings (SSSR count). The summed E-state index contributed by atoms with van der Waals surface area (Å²) in [6.45, 7) is 0. The van der Waals surface area contributed by atoms with Crippen molar-refractivity contribution >= 4 is 5.78 Å². The quantitative estimate of drug-likeness (QED) is 0.639. The molecule has 0 aromatic heterocycles. The third-order valence-electron chi connectivity index (χ3n) is 4.25. The van der Waals surface area contributed by atoms with Crippen molar-refractivity contribution in [1.82, 2.24) is 0 Å². The number of ketones is 1. The van der Waals surface area contributed by atoms with Crippen molar-refractivity contribution in [2.24, 2.45) is 0 Å². The topological polar surface area (TPSA) is 17.1 Å². The lowest BCUT2D eigenvalue weighted by Gasteiger charge is -2.18. The van der Waals surface area contributed by atoms with E-state index in [4.69, 9.17) is 0 Å². The van der Waals surface area contributed by atoms with E-state index >= 15 is 0 Å². The summed E-state index contributed by atoms with van der Waals surface area (Å²) in [5.74, 6) is 0.261. The Bertz CT molecular complexity index is 606. The number of hydrogen-bond acceptors (Lipinski definition) is 1. The summed E-state index contributed by atoms with van der Waals surface area (Å²) in [4.78, 5) is 12.6. The maximum atomic E-state index is 12.6. The van der Waals surface area contributed by atoms with Gasteiger partial charge in [-0.15, -0.1) is 0 Å². The molecule has 0 unspecified atom stereocenters.